The Bertz CT molecular complexity index is 691. The van der Waals surface area contributed by atoms with Gasteiger partial charge in [-0.25, -0.2) is 0 Å². The summed E-state index contributed by atoms with van der Waals surface area (Å²) in [6, 6.07) is 3.48. The number of H-pyrrole nitrogens is 1. The number of anilines is 1. The Morgan fingerprint density at radius 2 is 2.00 bits per heavy atom. The normalized spacial score (nSPS) is 17.4. The van der Waals surface area contributed by atoms with Crippen LogP contribution in [0.4, 0.5) is 5.82 Å². The fraction of sp³-hybridized carbons (Fsp3) is 0.286. The van der Waals surface area contributed by atoms with Crippen molar-refractivity contribution in [3.05, 3.63) is 29.5 Å². The fourth-order valence-electron chi connectivity index (χ4n) is 2.36. The number of ether oxygens (including phenoxy) is 2. The highest BCUT2D eigenvalue weighted by atomic mass is 32.2. The highest BCUT2D eigenvalue weighted by molar-refractivity contribution is 8.00. The third-order valence-electron chi connectivity index (χ3n) is 3.40. The first-order chi connectivity index (χ1) is 10.6. The van der Waals surface area contributed by atoms with Crippen molar-refractivity contribution in [3.8, 4) is 17.2 Å². The Balaban J connectivity index is 2.09. The number of rotatable bonds is 3. The lowest BCUT2D eigenvalue weighted by Gasteiger charge is -2.17. The van der Waals surface area contributed by atoms with E-state index in [1.54, 1.807) is 18.3 Å². The molecule has 22 heavy (non-hydrogen) atoms. The summed E-state index contributed by atoms with van der Waals surface area (Å²) in [4.78, 5) is 11.8. The standard InChI is InChI=1S/C14H15N3O4S/c1-20-9-3-7(4-10(21-2)12(9)19)13-8-5-15-17-14(8)16-11(18)6-22-13/h3-5,13,19H,6H2,1-2H3,(H2,15,16,17,18). The molecular formula is C14H15N3O4S. The van der Waals surface area contributed by atoms with Crippen molar-refractivity contribution in [2.75, 3.05) is 25.3 Å². The van der Waals surface area contributed by atoms with Gasteiger partial charge in [-0.15, -0.1) is 11.8 Å². The van der Waals surface area contributed by atoms with Crippen molar-refractivity contribution >= 4 is 23.5 Å². The van der Waals surface area contributed by atoms with Crippen LogP contribution in [0.25, 0.3) is 0 Å². The average Bonchev–Trinajstić information content (AvgIpc) is 2.90. The molecule has 1 amide bonds. The molecule has 3 N–H and O–H groups in total. The number of benzene rings is 1. The third kappa shape index (κ3) is 2.45. The zero-order chi connectivity index (χ0) is 15.7. The summed E-state index contributed by atoms with van der Waals surface area (Å²) in [7, 11) is 2.96. The van der Waals surface area contributed by atoms with Crippen molar-refractivity contribution in [2.45, 2.75) is 5.25 Å². The Hall–Kier alpha value is -2.35. The monoisotopic (exact) mass is 321 g/mol. The molecule has 0 saturated carbocycles. The maximum absolute atomic E-state index is 11.8. The Morgan fingerprint density at radius 3 is 2.64 bits per heavy atom. The lowest BCUT2D eigenvalue weighted by Crippen LogP contribution is -2.12. The van der Waals surface area contributed by atoms with Gasteiger partial charge in [0.05, 0.1) is 31.4 Å². The average molecular weight is 321 g/mol. The first-order valence-corrected chi connectivity index (χ1v) is 7.58. The van der Waals surface area contributed by atoms with Gasteiger partial charge in [0.15, 0.2) is 11.5 Å². The Kier molecular flexibility index (Phi) is 3.84. The maximum atomic E-state index is 11.8. The largest absolute Gasteiger partial charge is 0.502 e. The summed E-state index contributed by atoms with van der Waals surface area (Å²) >= 11 is 1.47. The van der Waals surface area contributed by atoms with E-state index in [9.17, 15) is 9.90 Å². The third-order valence-corrected chi connectivity index (χ3v) is 4.69. The van der Waals surface area contributed by atoms with Gasteiger partial charge < -0.3 is 19.9 Å². The molecule has 0 bridgehead atoms. The van der Waals surface area contributed by atoms with Crippen LogP contribution in [0.2, 0.25) is 0 Å². The molecule has 2 heterocycles. The zero-order valence-corrected chi connectivity index (χ0v) is 12.9. The van der Waals surface area contributed by atoms with Crippen molar-refractivity contribution < 1.29 is 19.4 Å². The number of nitrogens with one attached hydrogen (secondary N) is 2. The molecule has 1 aliphatic heterocycles. The molecule has 0 aliphatic carbocycles. The number of aromatic amines is 1. The molecule has 1 aliphatic rings. The van der Waals surface area contributed by atoms with Gasteiger partial charge in [0.1, 0.15) is 5.82 Å². The van der Waals surface area contributed by atoms with Crippen LogP contribution < -0.4 is 14.8 Å². The zero-order valence-electron chi connectivity index (χ0n) is 12.0. The van der Waals surface area contributed by atoms with E-state index in [1.165, 1.54) is 26.0 Å². The van der Waals surface area contributed by atoms with Crippen molar-refractivity contribution in [2.24, 2.45) is 0 Å². The van der Waals surface area contributed by atoms with Crippen LogP contribution in [0.5, 0.6) is 17.2 Å². The van der Waals surface area contributed by atoms with E-state index < -0.39 is 0 Å². The highest BCUT2D eigenvalue weighted by Crippen LogP contribution is 2.46. The first kappa shape index (κ1) is 14.6. The van der Waals surface area contributed by atoms with Gasteiger partial charge >= 0.3 is 0 Å². The maximum Gasteiger partial charge on any atom is 0.235 e. The lowest BCUT2D eigenvalue weighted by atomic mass is 10.1. The number of carbonyl (C=O) groups excluding carboxylic acids is 1. The molecule has 1 aromatic carbocycles. The van der Waals surface area contributed by atoms with E-state index in [-0.39, 0.29) is 16.9 Å². The molecule has 7 nitrogen and oxygen atoms in total. The van der Waals surface area contributed by atoms with E-state index in [4.69, 9.17) is 9.47 Å². The summed E-state index contributed by atoms with van der Waals surface area (Å²) in [5.41, 5.74) is 1.72. The van der Waals surface area contributed by atoms with Crippen LogP contribution in [-0.2, 0) is 4.79 Å². The molecule has 1 unspecified atom stereocenters. The number of hydrogen-bond acceptors (Lipinski definition) is 6. The van der Waals surface area contributed by atoms with Gasteiger partial charge in [-0.3, -0.25) is 9.89 Å². The van der Waals surface area contributed by atoms with Crippen LogP contribution in [-0.4, -0.2) is 41.2 Å². The number of thioether (sulfide) groups is 1. The molecule has 0 fully saturated rings. The summed E-state index contributed by atoms with van der Waals surface area (Å²) in [6.45, 7) is 0. The van der Waals surface area contributed by atoms with E-state index >= 15 is 0 Å². The van der Waals surface area contributed by atoms with Crippen LogP contribution in [0.3, 0.4) is 0 Å². The molecule has 1 atom stereocenters. The minimum atomic E-state index is -0.129. The molecule has 3 rings (SSSR count). The quantitative estimate of drug-likeness (QED) is 0.799. The number of amides is 1. The molecule has 2 aromatic rings. The van der Waals surface area contributed by atoms with Gasteiger partial charge in [0.25, 0.3) is 0 Å². The second-order valence-corrected chi connectivity index (χ2v) is 5.81. The van der Waals surface area contributed by atoms with E-state index in [2.05, 4.69) is 15.5 Å². The van der Waals surface area contributed by atoms with Gasteiger partial charge in [-0.2, -0.15) is 5.10 Å². The number of carbonyl (C=O) groups is 1. The summed E-state index contributed by atoms with van der Waals surface area (Å²) < 4.78 is 10.4. The second kappa shape index (κ2) is 5.80. The number of phenols is 1. The number of fused-ring (bicyclic) bond motifs is 1. The number of methoxy groups -OCH3 is 2. The topological polar surface area (TPSA) is 96.5 Å². The Morgan fingerprint density at radius 1 is 1.32 bits per heavy atom. The van der Waals surface area contributed by atoms with Gasteiger partial charge in [0, 0.05) is 5.56 Å². The Labute approximate surface area is 131 Å². The molecule has 0 saturated heterocycles. The van der Waals surface area contributed by atoms with Crippen molar-refractivity contribution in [1.82, 2.24) is 10.2 Å². The molecule has 1 aromatic heterocycles. The number of aromatic nitrogens is 2. The van der Waals surface area contributed by atoms with Crippen molar-refractivity contribution in [3.63, 3.8) is 0 Å². The minimum absolute atomic E-state index is 0.0472. The van der Waals surface area contributed by atoms with Gasteiger partial charge in [-0.1, -0.05) is 0 Å². The van der Waals surface area contributed by atoms with E-state index in [0.29, 0.717) is 23.1 Å². The molecule has 0 radical (unpaired) electrons. The van der Waals surface area contributed by atoms with Crippen LogP contribution in [0.1, 0.15) is 16.4 Å². The number of hydrogen-bond donors (Lipinski definition) is 3. The highest BCUT2D eigenvalue weighted by Gasteiger charge is 2.27. The number of nitrogens with zero attached hydrogens (tertiary/aromatic N) is 1. The minimum Gasteiger partial charge on any atom is -0.502 e. The predicted octanol–water partition coefficient (Wildman–Crippen LogP) is 1.91. The van der Waals surface area contributed by atoms with Crippen LogP contribution >= 0.6 is 11.8 Å². The summed E-state index contributed by atoms with van der Waals surface area (Å²) in [6.07, 6.45) is 1.68. The SMILES string of the molecule is COc1cc(C2SCC(=O)Nc3[nH]ncc32)cc(OC)c1O. The molecule has 8 heteroatoms. The van der Waals surface area contributed by atoms with Gasteiger partial charge in [-0.05, 0) is 17.7 Å². The number of aromatic hydroxyl groups is 1. The lowest BCUT2D eigenvalue weighted by molar-refractivity contribution is -0.113. The van der Waals surface area contributed by atoms with Crippen LogP contribution in [0.15, 0.2) is 18.3 Å². The van der Waals surface area contributed by atoms with Crippen molar-refractivity contribution in [1.29, 1.82) is 0 Å². The molecule has 0 spiro atoms. The molecular weight excluding hydrogens is 306 g/mol. The predicted molar refractivity (Wildman–Crippen MR) is 82.7 cm³/mol. The van der Waals surface area contributed by atoms with E-state index in [0.717, 1.165) is 11.1 Å². The van der Waals surface area contributed by atoms with E-state index in [1.807, 2.05) is 0 Å². The molecule has 116 valence electrons. The smallest absolute Gasteiger partial charge is 0.235 e. The van der Waals surface area contributed by atoms with Gasteiger partial charge in [0.2, 0.25) is 11.7 Å². The summed E-state index contributed by atoms with van der Waals surface area (Å²) in [5, 5.41) is 19.5. The fourth-order valence-corrected chi connectivity index (χ4v) is 3.44. The first-order valence-electron chi connectivity index (χ1n) is 6.53. The van der Waals surface area contributed by atoms with Crippen LogP contribution in [0, 0.1) is 0 Å². The second-order valence-electron chi connectivity index (χ2n) is 4.71. The number of phenolic OH excluding ortho intramolecular Hbond substituents is 1. The summed E-state index contributed by atoms with van der Waals surface area (Å²) in [5.74, 6) is 1.42.